The number of ether oxygens (including phenoxy) is 1. The Morgan fingerprint density at radius 2 is 2.00 bits per heavy atom. The molecule has 1 heterocycles. The van der Waals surface area contributed by atoms with E-state index in [2.05, 4.69) is 20.9 Å². The number of nitro groups is 1. The van der Waals surface area contributed by atoms with Crippen LogP contribution in [0.25, 0.3) is 0 Å². The molecule has 0 saturated heterocycles. The molecule has 0 radical (unpaired) electrons. The molecule has 6 nitrogen and oxygen atoms in total. The molecular formula is C11H6BrF2N3O3. The van der Waals surface area contributed by atoms with E-state index in [1.54, 1.807) is 0 Å². The van der Waals surface area contributed by atoms with E-state index in [1.807, 2.05) is 0 Å². The molecule has 1 aromatic carbocycles. The van der Waals surface area contributed by atoms with Crippen molar-refractivity contribution in [3.05, 3.63) is 50.5 Å². The van der Waals surface area contributed by atoms with Gasteiger partial charge in [0, 0.05) is 4.47 Å². The normalized spacial score (nSPS) is 10.3. The zero-order chi connectivity index (χ0) is 14.9. The highest BCUT2D eigenvalue weighted by atomic mass is 79.9. The van der Waals surface area contributed by atoms with E-state index in [0.717, 1.165) is 24.3 Å². The van der Waals surface area contributed by atoms with Crippen LogP contribution < -0.4 is 10.5 Å². The highest BCUT2D eigenvalue weighted by Gasteiger charge is 2.16. The molecule has 104 valence electrons. The second-order valence-electron chi connectivity index (χ2n) is 3.65. The molecular weight excluding hydrogens is 340 g/mol. The summed E-state index contributed by atoms with van der Waals surface area (Å²) >= 11 is 2.97. The largest absolute Gasteiger partial charge is 0.435 e. The standard InChI is InChI=1S/C11H6BrF2N3O3/c12-5-1-7(13)11(14)8(2-5)20-10-4-6(17(18)19)3-9(15)16-10/h1-4H,(H2,15,16). The van der Waals surface area contributed by atoms with Gasteiger partial charge in [-0.2, -0.15) is 9.37 Å². The molecule has 0 aliphatic heterocycles. The van der Waals surface area contributed by atoms with Crippen LogP contribution in [0.1, 0.15) is 0 Å². The molecule has 0 aliphatic rings. The molecule has 0 fully saturated rings. The molecule has 0 unspecified atom stereocenters. The van der Waals surface area contributed by atoms with Gasteiger partial charge in [0.1, 0.15) is 5.82 Å². The Labute approximate surface area is 119 Å². The van der Waals surface area contributed by atoms with Crippen LogP contribution in [0, 0.1) is 21.7 Å². The smallest absolute Gasteiger partial charge is 0.278 e. The fourth-order valence-electron chi connectivity index (χ4n) is 1.39. The number of anilines is 1. The van der Waals surface area contributed by atoms with Gasteiger partial charge in [-0.15, -0.1) is 0 Å². The van der Waals surface area contributed by atoms with Crippen LogP contribution >= 0.6 is 15.9 Å². The van der Waals surface area contributed by atoms with Gasteiger partial charge in [0.15, 0.2) is 11.6 Å². The van der Waals surface area contributed by atoms with E-state index < -0.39 is 22.3 Å². The molecule has 20 heavy (non-hydrogen) atoms. The summed E-state index contributed by atoms with van der Waals surface area (Å²) in [5.74, 6) is -3.32. The molecule has 0 spiro atoms. The molecule has 0 bridgehead atoms. The van der Waals surface area contributed by atoms with E-state index in [9.17, 15) is 18.9 Å². The molecule has 0 saturated carbocycles. The quantitative estimate of drug-likeness (QED) is 0.522. The maximum absolute atomic E-state index is 13.5. The van der Waals surface area contributed by atoms with Crippen molar-refractivity contribution in [3.63, 3.8) is 0 Å². The lowest BCUT2D eigenvalue weighted by Gasteiger charge is -2.07. The lowest BCUT2D eigenvalue weighted by Crippen LogP contribution is -1.99. The summed E-state index contributed by atoms with van der Waals surface area (Å²) in [6.07, 6.45) is 0. The van der Waals surface area contributed by atoms with Crippen LogP contribution in [0.2, 0.25) is 0 Å². The Kier molecular flexibility index (Phi) is 3.79. The van der Waals surface area contributed by atoms with Crippen molar-refractivity contribution in [2.75, 3.05) is 5.73 Å². The van der Waals surface area contributed by atoms with Gasteiger partial charge in [-0.05, 0) is 12.1 Å². The average molecular weight is 346 g/mol. The van der Waals surface area contributed by atoms with Gasteiger partial charge in [0.05, 0.1) is 17.1 Å². The Morgan fingerprint density at radius 3 is 2.65 bits per heavy atom. The first kappa shape index (κ1) is 14.1. The van der Waals surface area contributed by atoms with Crippen LogP contribution in [0.4, 0.5) is 20.3 Å². The van der Waals surface area contributed by atoms with Gasteiger partial charge in [-0.25, -0.2) is 4.39 Å². The number of benzene rings is 1. The first-order valence-corrected chi connectivity index (χ1v) is 5.90. The van der Waals surface area contributed by atoms with E-state index in [4.69, 9.17) is 10.5 Å². The van der Waals surface area contributed by atoms with Crippen LogP contribution in [-0.2, 0) is 0 Å². The number of hydrogen-bond acceptors (Lipinski definition) is 5. The second kappa shape index (κ2) is 5.37. The SMILES string of the molecule is Nc1cc([N+](=O)[O-])cc(Oc2cc(Br)cc(F)c2F)n1. The molecule has 0 atom stereocenters. The number of nitrogens with two attached hydrogens (primary N) is 1. The Balaban J connectivity index is 2.42. The Morgan fingerprint density at radius 1 is 1.30 bits per heavy atom. The molecule has 2 rings (SSSR count). The summed E-state index contributed by atoms with van der Waals surface area (Å²) in [7, 11) is 0. The third-order valence-electron chi connectivity index (χ3n) is 2.19. The molecule has 0 amide bonds. The van der Waals surface area contributed by atoms with Crippen molar-refractivity contribution in [2.45, 2.75) is 0 Å². The highest BCUT2D eigenvalue weighted by Crippen LogP contribution is 2.30. The second-order valence-corrected chi connectivity index (χ2v) is 4.56. The molecule has 9 heteroatoms. The van der Waals surface area contributed by atoms with Crippen molar-refractivity contribution in [1.82, 2.24) is 4.98 Å². The minimum absolute atomic E-state index is 0.176. The Bertz CT molecular complexity index is 697. The summed E-state index contributed by atoms with van der Waals surface area (Å²) in [6, 6.07) is 4.05. The van der Waals surface area contributed by atoms with E-state index in [0.29, 0.717) is 0 Å². The van der Waals surface area contributed by atoms with E-state index in [1.165, 1.54) is 0 Å². The van der Waals surface area contributed by atoms with E-state index in [-0.39, 0.29) is 21.9 Å². The number of aromatic nitrogens is 1. The minimum atomic E-state index is -1.24. The van der Waals surface area contributed by atoms with Gasteiger partial charge in [0.25, 0.3) is 5.69 Å². The van der Waals surface area contributed by atoms with Crippen LogP contribution in [0.5, 0.6) is 11.6 Å². The third-order valence-corrected chi connectivity index (χ3v) is 2.65. The lowest BCUT2D eigenvalue weighted by molar-refractivity contribution is -0.384. The molecule has 0 aliphatic carbocycles. The number of pyridine rings is 1. The fourth-order valence-corrected chi connectivity index (χ4v) is 1.80. The van der Waals surface area contributed by atoms with Crippen LogP contribution in [0.15, 0.2) is 28.7 Å². The van der Waals surface area contributed by atoms with Crippen molar-refractivity contribution >= 4 is 27.4 Å². The maximum Gasteiger partial charge on any atom is 0.278 e. The van der Waals surface area contributed by atoms with E-state index >= 15 is 0 Å². The fraction of sp³-hybridized carbons (Fsp3) is 0. The summed E-state index contributed by atoms with van der Waals surface area (Å²) in [4.78, 5) is 13.6. The summed E-state index contributed by atoms with van der Waals surface area (Å²) in [5, 5.41) is 10.7. The summed E-state index contributed by atoms with van der Waals surface area (Å²) in [6.45, 7) is 0. The molecule has 2 N–H and O–H groups in total. The topological polar surface area (TPSA) is 91.3 Å². The zero-order valence-corrected chi connectivity index (χ0v) is 11.2. The first-order chi connectivity index (χ1) is 9.36. The third kappa shape index (κ3) is 2.99. The van der Waals surface area contributed by atoms with Crippen molar-refractivity contribution in [2.24, 2.45) is 0 Å². The zero-order valence-electron chi connectivity index (χ0n) is 9.64. The Hall–Kier alpha value is -2.29. The summed E-state index contributed by atoms with van der Waals surface area (Å²) in [5.41, 5.74) is 5.00. The number of hydrogen-bond donors (Lipinski definition) is 1. The summed E-state index contributed by atoms with van der Waals surface area (Å²) < 4.78 is 31.9. The predicted molar refractivity (Wildman–Crippen MR) is 69.4 cm³/mol. The van der Waals surface area contributed by atoms with Crippen molar-refractivity contribution < 1.29 is 18.4 Å². The number of rotatable bonds is 3. The average Bonchev–Trinajstić information content (AvgIpc) is 2.34. The minimum Gasteiger partial charge on any atom is -0.435 e. The maximum atomic E-state index is 13.5. The van der Waals surface area contributed by atoms with Gasteiger partial charge in [0.2, 0.25) is 11.7 Å². The predicted octanol–water partition coefficient (Wildman–Crippen LogP) is 3.41. The lowest BCUT2D eigenvalue weighted by atomic mass is 10.3. The van der Waals surface area contributed by atoms with Gasteiger partial charge in [-0.1, -0.05) is 15.9 Å². The van der Waals surface area contributed by atoms with Gasteiger partial charge >= 0.3 is 0 Å². The molecule has 2 aromatic rings. The first-order valence-electron chi connectivity index (χ1n) is 5.11. The monoisotopic (exact) mass is 345 g/mol. The number of nitrogen functional groups attached to an aromatic ring is 1. The van der Waals surface area contributed by atoms with Gasteiger partial charge in [-0.3, -0.25) is 10.1 Å². The highest BCUT2D eigenvalue weighted by molar-refractivity contribution is 9.10. The number of halogens is 3. The van der Waals surface area contributed by atoms with Crippen molar-refractivity contribution in [1.29, 1.82) is 0 Å². The van der Waals surface area contributed by atoms with Crippen LogP contribution in [-0.4, -0.2) is 9.91 Å². The number of nitrogens with zero attached hydrogens (tertiary/aromatic N) is 2. The molecule has 1 aromatic heterocycles. The van der Waals surface area contributed by atoms with Crippen LogP contribution in [0.3, 0.4) is 0 Å². The van der Waals surface area contributed by atoms with Crippen molar-refractivity contribution in [3.8, 4) is 11.6 Å². The van der Waals surface area contributed by atoms with Gasteiger partial charge < -0.3 is 10.5 Å².